The van der Waals surface area contributed by atoms with E-state index in [-0.39, 0.29) is 17.3 Å². The van der Waals surface area contributed by atoms with Gasteiger partial charge in [0.05, 0.1) is 12.0 Å². The van der Waals surface area contributed by atoms with Gasteiger partial charge in [0, 0.05) is 11.8 Å². The molecule has 19 heavy (non-hydrogen) atoms. The molecule has 3 aliphatic carbocycles. The molecule has 0 aromatic rings. The normalized spacial score (nSPS) is 48.2. The first-order valence-corrected chi connectivity index (χ1v) is 7.68. The highest BCUT2D eigenvalue weighted by Crippen LogP contribution is 2.70. The van der Waals surface area contributed by atoms with Crippen molar-refractivity contribution in [2.75, 3.05) is 6.61 Å². The lowest BCUT2D eigenvalue weighted by molar-refractivity contribution is -0.160. The molecule has 3 fully saturated rings. The Kier molecular flexibility index (Phi) is 2.81. The number of hydrogen-bond acceptors (Lipinski definition) is 3. The lowest BCUT2D eigenvalue weighted by Crippen LogP contribution is -2.41. The number of ether oxygens (including phenoxy) is 1. The van der Waals surface area contributed by atoms with Crippen LogP contribution >= 0.6 is 0 Å². The fraction of sp³-hybridized carbons (Fsp3) is 0.875. The largest absolute Gasteiger partial charge is 0.466 e. The van der Waals surface area contributed by atoms with Gasteiger partial charge in [0.15, 0.2) is 0 Å². The summed E-state index contributed by atoms with van der Waals surface area (Å²) in [5.74, 6) is 1.36. The van der Waals surface area contributed by atoms with Crippen molar-refractivity contribution in [2.24, 2.45) is 28.6 Å². The zero-order chi connectivity index (χ0) is 13.8. The Labute approximate surface area is 115 Å². The molecule has 3 heteroatoms. The summed E-state index contributed by atoms with van der Waals surface area (Å²) in [6, 6.07) is 0. The average Bonchev–Trinajstić information content (AvgIpc) is 2.81. The molecule has 0 N–H and O–H groups in total. The summed E-state index contributed by atoms with van der Waals surface area (Å²) in [4.78, 5) is 25.1. The van der Waals surface area contributed by atoms with E-state index < -0.39 is 5.41 Å². The van der Waals surface area contributed by atoms with Gasteiger partial charge in [-0.25, -0.2) is 0 Å². The summed E-state index contributed by atoms with van der Waals surface area (Å²) < 4.78 is 5.36. The zero-order valence-corrected chi connectivity index (χ0v) is 12.2. The molecule has 3 rings (SSSR count). The van der Waals surface area contributed by atoms with E-state index in [1.807, 2.05) is 6.92 Å². The molecule has 0 saturated heterocycles. The standard InChI is InChI=1S/C16H24O3/c1-4-19-14(18)15(3)11-6-8-13(17)16(9-11)10(2)5-7-12(15)16/h10-12H,4-9H2,1-3H3/t10-,11-,12+,15-,16-/m1/s1. The first-order valence-electron chi connectivity index (χ1n) is 7.68. The van der Waals surface area contributed by atoms with Crippen molar-refractivity contribution in [3.8, 4) is 0 Å². The Hall–Kier alpha value is -0.860. The second-order valence-electron chi connectivity index (χ2n) is 6.94. The van der Waals surface area contributed by atoms with Crippen LogP contribution in [0.4, 0.5) is 0 Å². The first kappa shape index (κ1) is 13.1. The lowest BCUT2D eigenvalue weighted by Gasteiger charge is -2.36. The zero-order valence-electron chi connectivity index (χ0n) is 12.2. The number of Topliss-reactive ketones (excluding diaryl/α,β-unsaturated/α-hetero) is 1. The molecule has 0 amide bonds. The quantitative estimate of drug-likeness (QED) is 0.720. The lowest BCUT2D eigenvalue weighted by atomic mass is 9.66. The van der Waals surface area contributed by atoms with Crippen molar-refractivity contribution in [3.05, 3.63) is 0 Å². The molecule has 3 aliphatic rings. The van der Waals surface area contributed by atoms with E-state index in [0.29, 0.717) is 30.6 Å². The number of esters is 1. The van der Waals surface area contributed by atoms with Crippen LogP contribution in [0.25, 0.3) is 0 Å². The highest BCUT2D eigenvalue weighted by atomic mass is 16.5. The summed E-state index contributed by atoms with van der Waals surface area (Å²) >= 11 is 0. The Morgan fingerprint density at radius 2 is 2.11 bits per heavy atom. The second kappa shape index (κ2) is 4.07. The van der Waals surface area contributed by atoms with Gasteiger partial charge in [-0.1, -0.05) is 6.92 Å². The second-order valence-corrected chi connectivity index (χ2v) is 6.94. The fourth-order valence-electron chi connectivity index (χ4n) is 5.48. The van der Waals surface area contributed by atoms with Gasteiger partial charge in [0.25, 0.3) is 0 Å². The molecule has 3 nitrogen and oxygen atoms in total. The third-order valence-corrected chi connectivity index (χ3v) is 6.50. The summed E-state index contributed by atoms with van der Waals surface area (Å²) in [5, 5.41) is 0. The number of hydrogen-bond donors (Lipinski definition) is 0. The molecule has 5 atom stereocenters. The van der Waals surface area contributed by atoms with Gasteiger partial charge in [0.1, 0.15) is 5.78 Å². The number of rotatable bonds is 2. The predicted octanol–water partition coefficient (Wildman–Crippen LogP) is 2.97. The Morgan fingerprint density at radius 1 is 1.37 bits per heavy atom. The van der Waals surface area contributed by atoms with Crippen LogP contribution in [0.2, 0.25) is 0 Å². The van der Waals surface area contributed by atoms with E-state index >= 15 is 0 Å². The van der Waals surface area contributed by atoms with Crippen molar-refractivity contribution in [3.63, 3.8) is 0 Å². The van der Waals surface area contributed by atoms with Crippen molar-refractivity contribution in [2.45, 2.75) is 52.9 Å². The Bertz CT molecular complexity index is 430. The SMILES string of the molecule is CCOC(=O)[C@]1(C)[C@@H]2CCC(=O)[C@]3(C2)[C@H](C)CC[C@@H]13. The molecule has 0 aromatic carbocycles. The minimum absolute atomic E-state index is 0.0596. The van der Waals surface area contributed by atoms with Crippen molar-refractivity contribution in [1.29, 1.82) is 0 Å². The van der Waals surface area contributed by atoms with E-state index in [4.69, 9.17) is 4.74 Å². The van der Waals surface area contributed by atoms with Crippen LogP contribution < -0.4 is 0 Å². The average molecular weight is 264 g/mol. The van der Waals surface area contributed by atoms with Crippen LogP contribution in [-0.4, -0.2) is 18.4 Å². The maximum absolute atomic E-state index is 12.6. The number of carbonyl (C=O) groups is 2. The molecule has 3 saturated carbocycles. The van der Waals surface area contributed by atoms with Crippen LogP contribution in [-0.2, 0) is 14.3 Å². The topological polar surface area (TPSA) is 43.4 Å². The van der Waals surface area contributed by atoms with Crippen LogP contribution in [0.15, 0.2) is 0 Å². The Balaban J connectivity index is 2.05. The van der Waals surface area contributed by atoms with Gasteiger partial charge in [-0.2, -0.15) is 0 Å². The first-order chi connectivity index (χ1) is 8.97. The highest BCUT2D eigenvalue weighted by Gasteiger charge is 2.71. The molecule has 106 valence electrons. The van der Waals surface area contributed by atoms with Crippen LogP contribution in [0.1, 0.15) is 52.9 Å². The van der Waals surface area contributed by atoms with Crippen molar-refractivity contribution < 1.29 is 14.3 Å². The number of fused-ring (bicyclic) bond motifs is 1. The van der Waals surface area contributed by atoms with E-state index in [9.17, 15) is 9.59 Å². The molecular formula is C16H24O3. The molecule has 0 radical (unpaired) electrons. The molecule has 0 aliphatic heterocycles. The van der Waals surface area contributed by atoms with Crippen molar-refractivity contribution in [1.82, 2.24) is 0 Å². The third-order valence-electron chi connectivity index (χ3n) is 6.50. The smallest absolute Gasteiger partial charge is 0.312 e. The molecule has 1 spiro atoms. The number of ketones is 1. The van der Waals surface area contributed by atoms with Gasteiger partial charge < -0.3 is 4.74 Å². The monoisotopic (exact) mass is 264 g/mol. The minimum Gasteiger partial charge on any atom is -0.466 e. The number of carbonyl (C=O) groups excluding carboxylic acids is 2. The van der Waals surface area contributed by atoms with Crippen molar-refractivity contribution >= 4 is 11.8 Å². The van der Waals surface area contributed by atoms with Gasteiger partial charge in [-0.05, 0) is 57.3 Å². The third kappa shape index (κ3) is 1.39. The summed E-state index contributed by atoms with van der Waals surface area (Å²) in [6.07, 6.45) is 4.56. The maximum Gasteiger partial charge on any atom is 0.312 e. The molecule has 2 bridgehead atoms. The highest BCUT2D eigenvalue weighted by molar-refractivity contribution is 5.90. The molecule has 0 heterocycles. The summed E-state index contributed by atoms with van der Waals surface area (Å²) in [6.45, 7) is 6.57. The predicted molar refractivity (Wildman–Crippen MR) is 71.4 cm³/mol. The van der Waals surface area contributed by atoms with Crippen LogP contribution in [0.3, 0.4) is 0 Å². The van der Waals surface area contributed by atoms with E-state index in [2.05, 4.69) is 13.8 Å². The Morgan fingerprint density at radius 3 is 2.79 bits per heavy atom. The summed E-state index contributed by atoms with van der Waals surface area (Å²) in [5.41, 5.74) is -0.628. The molecule has 0 unspecified atom stereocenters. The fourth-order valence-corrected chi connectivity index (χ4v) is 5.48. The molecular weight excluding hydrogens is 240 g/mol. The minimum atomic E-state index is -0.424. The van der Waals surface area contributed by atoms with Gasteiger partial charge in [-0.15, -0.1) is 0 Å². The van der Waals surface area contributed by atoms with Gasteiger partial charge >= 0.3 is 5.97 Å². The van der Waals surface area contributed by atoms with Gasteiger partial charge in [-0.3, -0.25) is 9.59 Å². The maximum atomic E-state index is 12.6. The van der Waals surface area contributed by atoms with Crippen LogP contribution in [0, 0.1) is 28.6 Å². The molecule has 0 aromatic heterocycles. The van der Waals surface area contributed by atoms with Crippen LogP contribution in [0.5, 0.6) is 0 Å². The van der Waals surface area contributed by atoms with E-state index in [1.165, 1.54) is 0 Å². The summed E-state index contributed by atoms with van der Waals surface area (Å²) in [7, 11) is 0. The van der Waals surface area contributed by atoms with E-state index in [0.717, 1.165) is 25.7 Å². The van der Waals surface area contributed by atoms with E-state index in [1.54, 1.807) is 0 Å². The van der Waals surface area contributed by atoms with Gasteiger partial charge in [0.2, 0.25) is 0 Å².